The van der Waals surface area contributed by atoms with Gasteiger partial charge < -0.3 is 15.2 Å². The number of phenols is 1. The molecule has 1 aliphatic carbocycles. The molecule has 3 nitrogen and oxygen atoms in total. The van der Waals surface area contributed by atoms with Gasteiger partial charge in [0.1, 0.15) is 5.75 Å². The number of benzene rings is 1. The number of ether oxygens (including phenoxy) is 1. The molecule has 0 saturated carbocycles. The van der Waals surface area contributed by atoms with Crippen molar-refractivity contribution in [1.29, 1.82) is 0 Å². The van der Waals surface area contributed by atoms with Crippen LogP contribution >= 0.6 is 0 Å². The predicted octanol–water partition coefficient (Wildman–Crippen LogP) is 1.54. The third kappa shape index (κ3) is 1.60. The number of hydrogen-bond acceptors (Lipinski definition) is 3. The van der Waals surface area contributed by atoms with E-state index in [1.165, 1.54) is 17.5 Å². The van der Waals surface area contributed by atoms with Gasteiger partial charge in [0.05, 0.1) is 12.7 Å². The molecule has 3 heteroatoms. The normalized spacial score (nSPS) is 24.4. The number of aryl methyl sites for hydroxylation is 1. The average molecular weight is 219 g/mol. The van der Waals surface area contributed by atoms with Gasteiger partial charge in [-0.15, -0.1) is 0 Å². The highest BCUT2D eigenvalue weighted by molar-refractivity contribution is 5.48. The van der Waals surface area contributed by atoms with E-state index in [2.05, 4.69) is 11.4 Å². The van der Waals surface area contributed by atoms with Crippen LogP contribution in [0.4, 0.5) is 0 Å². The van der Waals surface area contributed by atoms with Crippen LogP contribution in [0.5, 0.6) is 5.75 Å². The van der Waals surface area contributed by atoms with Crippen LogP contribution in [0.1, 0.15) is 29.2 Å². The molecule has 1 fully saturated rings. The topological polar surface area (TPSA) is 41.5 Å². The fourth-order valence-corrected chi connectivity index (χ4v) is 2.79. The van der Waals surface area contributed by atoms with Crippen molar-refractivity contribution in [2.24, 2.45) is 0 Å². The van der Waals surface area contributed by atoms with E-state index in [0.717, 1.165) is 38.1 Å². The highest BCUT2D eigenvalue weighted by Gasteiger charge is 2.25. The molecule has 1 saturated heterocycles. The predicted molar refractivity (Wildman–Crippen MR) is 61.7 cm³/mol. The maximum Gasteiger partial charge on any atom is 0.121 e. The van der Waals surface area contributed by atoms with Gasteiger partial charge in [0.2, 0.25) is 0 Å². The minimum Gasteiger partial charge on any atom is -0.508 e. The molecular formula is C13H17NO2. The Labute approximate surface area is 95.4 Å². The molecule has 0 amide bonds. The van der Waals surface area contributed by atoms with Crippen molar-refractivity contribution in [3.63, 3.8) is 0 Å². The molecule has 1 aliphatic heterocycles. The second kappa shape index (κ2) is 4.07. The molecule has 0 spiro atoms. The molecule has 1 aromatic carbocycles. The second-order valence-corrected chi connectivity index (χ2v) is 4.55. The zero-order chi connectivity index (χ0) is 11.0. The number of hydrogen-bond donors (Lipinski definition) is 2. The van der Waals surface area contributed by atoms with Crippen molar-refractivity contribution in [3.05, 3.63) is 28.8 Å². The molecule has 1 aromatic rings. The first-order valence-corrected chi connectivity index (χ1v) is 6.02. The lowest BCUT2D eigenvalue weighted by atomic mass is 9.97. The highest BCUT2D eigenvalue weighted by Crippen LogP contribution is 2.37. The molecule has 0 aromatic heterocycles. The molecule has 2 aliphatic rings. The van der Waals surface area contributed by atoms with Gasteiger partial charge in [-0.25, -0.2) is 0 Å². The smallest absolute Gasteiger partial charge is 0.121 e. The zero-order valence-corrected chi connectivity index (χ0v) is 9.33. The fraction of sp³-hybridized carbons (Fsp3) is 0.538. The molecule has 1 atom stereocenters. The summed E-state index contributed by atoms with van der Waals surface area (Å²) in [6.45, 7) is 2.45. The monoisotopic (exact) mass is 219 g/mol. The lowest BCUT2D eigenvalue weighted by Crippen LogP contribution is -2.33. The van der Waals surface area contributed by atoms with Gasteiger partial charge in [0.25, 0.3) is 0 Å². The average Bonchev–Trinajstić information content (AvgIpc) is 2.78. The van der Waals surface area contributed by atoms with Crippen LogP contribution in [0.15, 0.2) is 12.1 Å². The van der Waals surface area contributed by atoms with Crippen LogP contribution in [0.25, 0.3) is 0 Å². The summed E-state index contributed by atoms with van der Waals surface area (Å²) in [7, 11) is 0. The van der Waals surface area contributed by atoms with Crippen molar-refractivity contribution in [2.75, 3.05) is 19.7 Å². The maximum atomic E-state index is 10.0. The van der Waals surface area contributed by atoms with Gasteiger partial charge in [-0.1, -0.05) is 6.07 Å². The lowest BCUT2D eigenvalue weighted by molar-refractivity contribution is 0.0258. The molecule has 2 N–H and O–H groups in total. The Hall–Kier alpha value is -1.06. The van der Waals surface area contributed by atoms with Crippen LogP contribution in [0.3, 0.4) is 0 Å². The standard InChI is InChI=1S/C13H17NO2/c15-11-5-4-9-2-1-3-10(9)13(11)12-8-14-6-7-16-12/h4-5,12,14-15H,1-3,6-8H2. The molecule has 1 heterocycles. The number of aromatic hydroxyl groups is 1. The van der Waals surface area contributed by atoms with E-state index in [1.807, 2.05) is 6.07 Å². The largest absolute Gasteiger partial charge is 0.508 e. The van der Waals surface area contributed by atoms with E-state index in [0.29, 0.717) is 5.75 Å². The van der Waals surface area contributed by atoms with Gasteiger partial charge in [-0.2, -0.15) is 0 Å². The molecule has 3 rings (SSSR count). The zero-order valence-electron chi connectivity index (χ0n) is 9.33. The summed E-state index contributed by atoms with van der Waals surface area (Å²) in [6, 6.07) is 3.87. The Bertz CT molecular complexity index is 397. The second-order valence-electron chi connectivity index (χ2n) is 4.55. The molecule has 86 valence electrons. The summed E-state index contributed by atoms with van der Waals surface area (Å²) >= 11 is 0. The number of fused-ring (bicyclic) bond motifs is 1. The first-order chi connectivity index (χ1) is 7.86. The minimum atomic E-state index is 0.0294. The SMILES string of the molecule is Oc1ccc2c(c1C1CNCCO1)CCC2. The van der Waals surface area contributed by atoms with Gasteiger partial charge in [-0.05, 0) is 36.5 Å². The Morgan fingerprint density at radius 3 is 3.06 bits per heavy atom. The van der Waals surface area contributed by atoms with Crippen LogP contribution in [0, 0.1) is 0 Å². The Balaban J connectivity index is 2.01. The van der Waals surface area contributed by atoms with Crippen molar-refractivity contribution in [1.82, 2.24) is 5.32 Å². The van der Waals surface area contributed by atoms with Gasteiger partial charge in [-0.3, -0.25) is 0 Å². The highest BCUT2D eigenvalue weighted by atomic mass is 16.5. The lowest BCUT2D eigenvalue weighted by Gasteiger charge is -2.26. The van der Waals surface area contributed by atoms with Gasteiger partial charge in [0.15, 0.2) is 0 Å². The van der Waals surface area contributed by atoms with E-state index in [1.54, 1.807) is 0 Å². The fourth-order valence-electron chi connectivity index (χ4n) is 2.79. The van der Waals surface area contributed by atoms with Crippen molar-refractivity contribution in [3.8, 4) is 5.75 Å². The summed E-state index contributed by atoms with van der Waals surface area (Å²) in [5.41, 5.74) is 3.75. The number of nitrogens with one attached hydrogen (secondary N) is 1. The van der Waals surface area contributed by atoms with E-state index in [4.69, 9.17) is 4.74 Å². The molecule has 1 unspecified atom stereocenters. The van der Waals surface area contributed by atoms with E-state index in [9.17, 15) is 5.11 Å². The summed E-state index contributed by atoms with van der Waals surface area (Å²) < 4.78 is 5.75. The minimum absolute atomic E-state index is 0.0294. The Kier molecular flexibility index (Phi) is 2.58. The third-order valence-corrected chi connectivity index (χ3v) is 3.55. The third-order valence-electron chi connectivity index (χ3n) is 3.55. The summed E-state index contributed by atoms with van der Waals surface area (Å²) in [5, 5.41) is 13.3. The van der Waals surface area contributed by atoms with E-state index in [-0.39, 0.29) is 6.10 Å². The van der Waals surface area contributed by atoms with Crippen LogP contribution < -0.4 is 5.32 Å². The van der Waals surface area contributed by atoms with E-state index >= 15 is 0 Å². The first-order valence-electron chi connectivity index (χ1n) is 6.02. The van der Waals surface area contributed by atoms with Crippen molar-refractivity contribution < 1.29 is 9.84 Å². The van der Waals surface area contributed by atoms with Crippen molar-refractivity contribution >= 4 is 0 Å². The molecule has 0 bridgehead atoms. The van der Waals surface area contributed by atoms with Crippen LogP contribution in [-0.4, -0.2) is 24.8 Å². The summed E-state index contributed by atoms with van der Waals surface area (Å²) in [5.74, 6) is 0.398. The number of morpholine rings is 1. The van der Waals surface area contributed by atoms with Crippen molar-refractivity contribution in [2.45, 2.75) is 25.4 Å². The first kappa shape index (κ1) is 10.1. The Morgan fingerprint density at radius 2 is 2.25 bits per heavy atom. The number of phenolic OH excluding ortho intramolecular Hbond substituents is 1. The summed E-state index contributed by atoms with van der Waals surface area (Å²) in [4.78, 5) is 0. The molecule has 16 heavy (non-hydrogen) atoms. The summed E-state index contributed by atoms with van der Waals surface area (Å²) in [6.07, 6.45) is 3.45. The van der Waals surface area contributed by atoms with E-state index < -0.39 is 0 Å². The van der Waals surface area contributed by atoms with Crippen LogP contribution in [-0.2, 0) is 17.6 Å². The van der Waals surface area contributed by atoms with Gasteiger partial charge in [0, 0.05) is 18.7 Å². The van der Waals surface area contributed by atoms with Crippen LogP contribution in [0.2, 0.25) is 0 Å². The molecular weight excluding hydrogens is 202 g/mol. The number of rotatable bonds is 1. The maximum absolute atomic E-state index is 10.0. The Morgan fingerprint density at radius 1 is 1.31 bits per heavy atom. The van der Waals surface area contributed by atoms with Gasteiger partial charge >= 0.3 is 0 Å². The molecule has 0 radical (unpaired) electrons. The quantitative estimate of drug-likeness (QED) is 0.753.